The Labute approximate surface area is 156 Å². The summed E-state index contributed by atoms with van der Waals surface area (Å²) in [5, 5.41) is 2.67. The summed E-state index contributed by atoms with van der Waals surface area (Å²) in [6.07, 6.45) is 1.01. The van der Waals surface area contributed by atoms with Gasteiger partial charge < -0.3 is 10.1 Å². The molecule has 1 amide bonds. The van der Waals surface area contributed by atoms with Gasteiger partial charge in [0.25, 0.3) is 5.91 Å². The van der Waals surface area contributed by atoms with E-state index >= 15 is 0 Å². The number of hydrogen-bond donors (Lipinski definition) is 2. The zero-order valence-electron chi connectivity index (χ0n) is 14.1. The highest BCUT2D eigenvalue weighted by Crippen LogP contribution is 2.24. The predicted octanol–water partition coefficient (Wildman–Crippen LogP) is 3.14. The Balaban J connectivity index is 2.25. The number of benzene rings is 2. The van der Waals surface area contributed by atoms with Crippen LogP contribution in [-0.2, 0) is 14.8 Å². The van der Waals surface area contributed by atoms with Gasteiger partial charge in [-0.1, -0.05) is 23.7 Å². The first kappa shape index (κ1) is 19.7. The zero-order chi connectivity index (χ0) is 19.3. The van der Waals surface area contributed by atoms with Crippen LogP contribution in [0.3, 0.4) is 0 Å². The highest BCUT2D eigenvalue weighted by molar-refractivity contribution is 7.92. The molecule has 0 spiro atoms. The van der Waals surface area contributed by atoms with Crippen LogP contribution >= 0.6 is 11.6 Å². The Morgan fingerprint density at radius 3 is 2.42 bits per heavy atom. The van der Waals surface area contributed by atoms with Gasteiger partial charge >= 0.3 is 5.97 Å². The molecule has 2 aromatic rings. The third-order valence-electron chi connectivity index (χ3n) is 3.19. The van der Waals surface area contributed by atoms with E-state index in [1.54, 1.807) is 25.1 Å². The minimum atomic E-state index is -3.46. The van der Waals surface area contributed by atoms with Crippen LogP contribution in [0.1, 0.15) is 27.6 Å². The number of halogens is 1. The highest BCUT2D eigenvalue weighted by atomic mass is 35.5. The van der Waals surface area contributed by atoms with E-state index in [1.807, 2.05) is 0 Å². The van der Waals surface area contributed by atoms with Crippen LogP contribution in [0.25, 0.3) is 0 Å². The zero-order valence-corrected chi connectivity index (χ0v) is 15.6. The summed E-state index contributed by atoms with van der Waals surface area (Å²) >= 11 is 6.08. The molecular weight excluding hydrogens is 380 g/mol. The van der Waals surface area contributed by atoms with Gasteiger partial charge in [-0.3, -0.25) is 9.52 Å². The van der Waals surface area contributed by atoms with E-state index in [4.69, 9.17) is 16.3 Å². The molecule has 0 heterocycles. The fourth-order valence-corrected chi connectivity index (χ4v) is 2.97. The van der Waals surface area contributed by atoms with E-state index in [9.17, 15) is 18.0 Å². The summed E-state index contributed by atoms with van der Waals surface area (Å²) < 4.78 is 29.7. The van der Waals surface area contributed by atoms with Gasteiger partial charge in [0.05, 0.1) is 34.7 Å². The third-order valence-corrected chi connectivity index (χ3v) is 4.11. The molecule has 0 atom stereocenters. The number of nitrogens with one attached hydrogen (secondary N) is 2. The minimum absolute atomic E-state index is 0.0600. The SMILES string of the molecule is CCOC(=O)c1ccccc1NC(=O)c1ccc(NS(C)(=O)=O)cc1Cl. The Morgan fingerprint density at radius 1 is 1.12 bits per heavy atom. The number of para-hydroxylation sites is 1. The molecule has 0 radical (unpaired) electrons. The molecule has 0 aromatic heterocycles. The number of hydrogen-bond acceptors (Lipinski definition) is 5. The first-order valence-electron chi connectivity index (χ1n) is 7.56. The fraction of sp³-hybridized carbons (Fsp3) is 0.176. The van der Waals surface area contributed by atoms with Gasteiger partial charge in [0.15, 0.2) is 0 Å². The van der Waals surface area contributed by atoms with Crippen molar-refractivity contribution < 1.29 is 22.7 Å². The van der Waals surface area contributed by atoms with Crippen LogP contribution in [0.15, 0.2) is 42.5 Å². The Morgan fingerprint density at radius 2 is 1.81 bits per heavy atom. The molecule has 0 unspecified atom stereocenters. The summed E-state index contributed by atoms with van der Waals surface area (Å²) in [6, 6.07) is 10.6. The molecule has 7 nitrogen and oxygen atoms in total. The van der Waals surface area contributed by atoms with Crippen molar-refractivity contribution in [2.75, 3.05) is 22.9 Å². The average molecular weight is 397 g/mol. The average Bonchev–Trinajstić information content (AvgIpc) is 2.54. The Hall–Kier alpha value is -2.58. The van der Waals surface area contributed by atoms with Crippen LogP contribution < -0.4 is 10.0 Å². The smallest absolute Gasteiger partial charge is 0.340 e. The van der Waals surface area contributed by atoms with Gasteiger partial charge in [0.2, 0.25) is 10.0 Å². The molecule has 0 saturated heterocycles. The maximum absolute atomic E-state index is 12.5. The first-order valence-corrected chi connectivity index (χ1v) is 9.83. The summed E-state index contributed by atoms with van der Waals surface area (Å²) in [7, 11) is -3.46. The normalized spacial score (nSPS) is 10.9. The van der Waals surface area contributed by atoms with Crippen LogP contribution in [0.4, 0.5) is 11.4 Å². The van der Waals surface area contributed by atoms with Crippen molar-refractivity contribution in [2.45, 2.75) is 6.92 Å². The molecule has 0 aliphatic heterocycles. The number of esters is 1. The number of rotatable bonds is 6. The van der Waals surface area contributed by atoms with Crippen LogP contribution in [-0.4, -0.2) is 33.2 Å². The topological polar surface area (TPSA) is 102 Å². The van der Waals surface area contributed by atoms with E-state index in [-0.39, 0.29) is 34.1 Å². The molecule has 0 saturated carbocycles. The molecule has 2 rings (SSSR count). The van der Waals surface area contributed by atoms with Crippen molar-refractivity contribution in [1.29, 1.82) is 0 Å². The van der Waals surface area contributed by atoms with Crippen molar-refractivity contribution >= 4 is 44.9 Å². The molecule has 0 fully saturated rings. The third kappa shape index (κ3) is 5.21. The molecular formula is C17H17ClN2O5S. The molecule has 2 aromatic carbocycles. The minimum Gasteiger partial charge on any atom is -0.462 e. The van der Waals surface area contributed by atoms with Crippen molar-refractivity contribution in [3.05, 3.63) is 58.6 Å². The monoisotopic (exact) mass is 396 g/mol. The summed E-state index contributed by atoms with van der Waals surface area (Å²) in [6.45, 7) is 1.90. The van der Waals surface area contributed by atoms with Crippen molar-refractivity contribution in [3.8, 4) is 0 Å². The number of amides is 1. The van der Waals surface area contributed by atoms with Crippen molar-refractivity contribution in [1.82, 2.24) is 0 Å². The van der Waals surface area contributed by atoms with Crippen molar-refractivity contribution in [3.63, 3.8) is 0 Å². The summed E-state index contributed by atoms with van der Waals surface area (Å²) in [4.78, 5) is 24.4. The fourth-order valence-electron chi connectivity index (χ4n) is 2.15. The largest absolute Gasteiger partial charge is 0.462 e. The number of ether oxygens (including phenoxy) is 1. The second-order valence-corrected chi connectivity index (χ2v) is 7.44. The van der Waals surface area contributed by atoms with Gasteiger partial charge in [-0.05, 0) is 37.3 Å². The van der Waals surface area contributed by atoms with E-state index in [0.717, 1.165) is 6.26 Å². The van der Waals surface area contributed by atoms with Gasteiger partial charge in [0.1, 0.15) is 0 Å². The van der Waals surface area contributed by atoms with E-state index in [0.29, 0.717) is 0 Å². The lowest BCUT2D eigenvalue weighted by Gasteiger charge is -2.12. The number of carbonyl (C=O) groups is 2. The molecule has 0 bridgehead atoms. The van der Waals surface area contributed by atoms with Gasteiger partial charge in [-0.2, -0.15) is 0 Å². The van der Waals surface area contributed by atoms with Crippen molar-refractivity contribution in [2.24, 2.45) is 0 Å². The lowest BCUT2D eigenvalue weighted by molar-refractivity contribution is 0.0527. The lowest BCUT2D eigenvalue weighted by atomic mass is 10.1. The lowest BCUT2D eigenvalue weighted by Crippen LogP contribution is -2.16. The second kappa shape index (κ2) is 8.20. The van der Waals surface area contributed by atoms with Crippen LogP contribution in [0.5, 0.6) is 0 Å². The molecule has 26 heavy (non-hydrogen) atoms. The van der Waals surface area contributed by atoms with E-state index in [1.165, 1.54) is 24.3 Å². The highest BCUT2D eigenvalue weighted by Gasteiger charge is 2.17. The standard InChI is InChI=1S/C17H17ClN2O5S/c1-3-25-17(22)13-6-4-5-7-15(13)19-16(21)12-9-8-11(10-14(12)18)20-26(2,23)24/h4-10,20H,3H2,1-2H3,(H,19,21). The van der Waals surface area contributed by atoms with Gasteiger partial charge in [-0.25, -0.2) is 13.2 Å². The number of anilines is 2. The second-order valence-electron chi connectivity index (χ2n) is 5.29. The maximum atomic E-state index is 12.5. The molecule has 138 valence electrons. The number of sulfonamides is 1. The van der Waals surface area contributed by atoms with Crippen LogP contribution in [0.2, 0.25) is 5.02 Å². The predicted molar refractivity (Wildman–Crippen MR) is 100 cm³/mol. The van der Waals surface area contributed by atoms with E-state index < -0.39 is 21.9 Å². The maximum Gasteiger partial charge on any atom is 0.340 e. The number of carbonyl (C=O) groups excluding carboxylic acids is 2. The molecule has 0 aliphatic carbocycles. The van der Waals surface area contributed by atoms with E-state index in [2.05, 4.69) is 10.0 Å². The summed E-state index contributed by atoms with van der Waals surface area (Å²) in [5.74, 6) is -1.10. The quantitative estimate of drug-likeness (QED) is 0.730. The van der Waals surface area contributed by atoms with Gasteiger partial charge in [-0.15, -0.1) is 0 Å². The molecule has 9 heteroatoms. The Bertz CT molecular complexity index is 944. The first-order chi connectivity index (χ1) is 12.2. The summed E-state index contributed by atoms with van der Waals surface area (Å²) in [5.41, 5.74) is 0.866. The molecule has 2 N–H and O–H groups in total. The van der Waals surface area contributed by atoms with Gasteiger partial charge in [0, 0.05) is 5.69 Å². The van der Waals surface area contributed by atoms with Crippen LogP contribution in [0, 0.1) is 0 Å². The molecule has 0 aliphatic rings. The Kier molecular flexibility index (Phi) is 6.23.